The molecule has 34 heavy (non-hydrogen) atoms. The number of amides is 4. The molecule has 0 atom stereocenters. The monoisotopic (exact) mass is 468 g/mol. The molecule has 2 rings (SSSR count). The summed E-state index contributed by atoms with van der Waals surface area (Å²) in [7, 11) is 0. The molecule has 0 aliphatic carbocycles. The van der Waals surface area contributed by atoms with Crippen LogP contribution in [0.4, 0.5) is 15.3 Å². The molecule has 0 aromatic heterocycles. The van der Waals surface area contributed by atoms with Crippen molar-refractivity contribution in [2.75, 3.05) is 18.4 Å². The smallest absolute Gasteiger partial charge is 0.429 e. The standard InChI is InChI=1S/C26H36N4O4/c1-6-8-18-29(24(32)27-22-12-10-9-11-13-22)19-20-14-16-21(17-15-20)23(31)28-30(7-2)25(33)34-26(3,4)5/h9-17H,6-8,18-19H2,1-5H3,(H,27,32)(H,28,31). The highest BCUT2D eigenvalue weighted by molar-refractivity contribution is 5.95. The summed E-state index contributed by atoms with van der Waals surface area (Å²) in [5.41, 5.74) is 3.97. The van der Waals surface area contributed by atoms with Crippen molar-refractivity contribution in [3.63, 3.8) is 0 Å². The molecule has 0 radical (unpaired) electrons. The molecule has 2 aromatic rings. The zero-order chi connectivity index (χ0) is 25.1. The van der Waals surface area contributed by atoms with Crippen molar-refractivity contribution in [3.05, 3.63) is 65.7 Å². The van der Waals surface area contributed by atoms with Gasteiger partial charge in [0.1, 0.15) is 5.60 Å². The average Bonchev–Trinajstić information content (AvgIpc) is 2.79. The van der Waals surface area contributed by atoms with Gasteiger partial charge in [0, 0.05) is 30.9 Å². The highest BCUT2D eigenvalue weighted by Gasteiger charge is 2.23. The van der Waals surface area contributed by atoms with Crippen LogP contribution in [0.5, 0.6) is 0 Å². The van der Waals surface area contributed by atoms with Gasteiger partial charge in [0.15, 0.2) is 0 Å². The Labute approximate surface area is 202 Å². The first-order valence-corrected chi connectivity index (χ1v) is 11.6. The predicted molar refractivity (Wildman–Crippen MR) is 133 cm³/mol. The van der Waals surface area contributed by atoms with E-state index in [0.29, 0.717) is 18.7 Å². The molecule has 184 valence electrons. The van der Waals surface area contributed by atoms with E-state index in [0.717, 1.165) is 29.1 Å². The number of carbonyl (C=O) groups is 3. The number of urea groups is 1. The fraction of sp³-hybridized carbons (Fsp3) is 0.423. The van der Waals surface area contributed by atoms with Gasteiger partial charge in [0.2, 0.25) is 0 Å². The van der Waals surface area contributed by atoms with Gasteiger partial charge in [-0.2, -0.15) is 0 Å². The number of nitrogens with zero attached hydrogens (tertiary/aromatic N) is 2. The lowest BCUT2D eigenvalue weighted by Crippen LogP contribution is -2.48. The maximum Gasteiger partial charge on any atom is 0.429 e. The number of rotatable bonds is 8. The average molecular weight is 469 g/mol. The lowest BCUT2D eigenvalue weighted by Gasteiger charge is -2.26. The van der Waals surface area contributed by atoms with Crippen molar-refractivity contribution in [1.82, 2.24) is 15.3 Å². The van der Waals surface area contributed by atoms with Gasteiger partial charge in [-0.05, 0) is 63.9 Å². The number of nitrogens with one attached hydrogen (secondary N) is 2. The number of unbranched alkanes of at least 4 members (excludes halogenated alkanes) is 1. The minimum Gasteiger partial charge on any atom is -0.442 e. The lowest BCUT2D eigenvalue weighted by molar-refractivity contribution is 0.0146. The molecule has 0 aliphatic heterocycles. The Morgan fingerprint density at radius 2 is 1.59 bits per heavy atom. The number of carbonyl (C=O) groups excluding carboxylic acids is 3. The van der Waals surface area contributed by atoms with E-state index in [1.807, 2.05) is 42.5 Å². The number of benzene rings is 2. The molecule has 0 saturated carbocycles. The van der Waals surface area contributed by atoms with Crippen LogP contribution < -0.4 is 10.7 Å². The van der Waals surface area contributed by atoms with Crippen molar-refractivity contribution in [1.29, 1.82) is 0 Å². The van der Waals surface area contributed by atoms with Crippen molar-refractivity contribution in [2.45, 2.75) is 59.6 Å². The van der Waals surface area contributed by atoms with Crippen LogP contribution in [-0.4, -0.2) is 46.6 Å². The molecule has 4 amide bonds. The fourth-order valence-electron chi connectivity index (χ4n) is 3.07. The van der Waals surface area contributed by atoms with Gasteiger partial charge in [-0.25, -0.2) is 14.6 Å². The summed E-state index contributed by atoms with van der Waals surface area (Å²) < 4.78 is 5.32. The van der Waals surface area contributed by atoms with Crippen LogP contribution in [0.1, 0.15) is 63.4 Å². The van der Waals surface area contributed by atoms with Crippen molar-refractivity contribution in [2.24, 2.45) is 0 Å². The molecule has 8 heteroatoms. The summed E-state index contributed by atoms with van der Waals surface area (Å²) in [6, 6.07) is 16.2. The molecule has 0 fully saturated rings. The maximum absolute atomic E-state index is 12.8. The first kappa shape index (κ1) is 26.7. The van der Waals surface area contributed by atoms with E-state index < -0.39 is 17.6 Å². The van der Waals surface area contributed by atoms with Gasteiger partial charge in [0.25, 0.3) is 5.91 Å². The van der Waals surface area contributed by atoms with Crippen LogP contribution in [0.3, 0.4) is 0 Å². The van der Waals surface area contributed by atoms with Crippen molar-refractivity contribution in [3.8, 4) is 0 Å². The SMILES string of the molecule is CCCCN(Cc1ccc(C(=O)NN(CC)C(=O)OC(C)(C)C)cc1)C(=O)Nc1ccccc1. The number of anilines is 1. The normalized spacial score (nSPS) is 10.9. The zero-order valence-corrected chi connectivity index (χ0v) is 20.8. The highest BCUT2D eigenvalue weighted by Crippen LogP contribution is 2.13. The van der Waals surface area contributed by atoms with E-state index in [2.05, 4.69) is 17.7 Å². The zero-order valence-electron chi connectivity index (χ0n) is 20.8. The largest absolute Gasteiger partial charge is 0.442 e. The third-order valence-electron chi connectivity index (χ3n) is 4.85. The fourth-order valence-corrected chi connectivity index (χ4v) is 3.07. The second-order valence-electron chi connectivity index (χ2n) is 8.93. The van der Waals surface area contributed by atoms with Crippen molar-refractivity contribution >= 4 is 23.7 Å². The van der Waals surface area contributed by atoms with E-state index in [1.54, 1.807) is 44.7 Å². The Morgan fingerprint density at radius 1 is 0.941 bits per heavy atom. The van der Waals surface area contributed by atoms with Crippen LogP contribution in [0.15, 0.2) is 54.6 Å². The third kappa shape index (κ3) is 8.77. The number of hydrazine groups is 1. The Balaban J connectivity index is 2.03. The van der Waals surface area contributed by atoms with Crippen LogP contribution >= 0.6 is 0 Å². The Hall–Kier alpha value is -3.55. The first-order chi connectivity index (χ1) is 16.1. The van der Waals surface area contributed by atoms with Crippen LogP contribution in [-0.2, 0) is 11.3 Å². The van der Waals surface area contributed by atoms with Gasteiger partial charge < -0.3 is 15.0 Å². The summed E-state index contributed by atoms with van der Waals surface area (Å²) in [5, 5.41) is 4.07. The molecule has 0 spiro atoms. The van der Waals surface area contributed by atoms with E-state index >= 15 is 0 Å². The summed E-state index contributed by atoms with van der Waals surface area (Å²) in [6.07, 6.45) is 1.25. The second kappa shape index (κ2) is 12.6. The minimum absolute atomic E-state index is 0.169. The first-order valence-electron chi connectivity index (χ1n) is 11.6. The summed E-state index contributed by atoms with van der Waals surface area (Å²) in [4.78, 5) is 39.5. The number of para-hydroxylation sites is 1. The van der Waals surface area contributed by atoms with E-state index in [-0.39, 0.29) is 12.6 Å². The molecule has 0 aliphatic rings. The quantitative estimate of drug-likeness (QED) is 0.506. The second-order valence-corrected chi connectivity index (χ2v) is 8.93. The molecule has 8 nitrogen and oxygen atoms in total. The number of hydrogen-bond donors (Lipinski definition) is 2. The molecule has 2 N–H and O–H groups in total. The summed E-state index contributed by atoms with van der Waals surface area (Å²) >= 11 is 0. The third-order valence-corrected chi connectivity index (χ3v) is 4.85. The van der Waals surface area contributed by atoms with Gasteiger partial charge >= 0.3 is 12.1 Å². The van der Waals surface area contributed by atoms with Crippen LogP contribution in [0.25, 0.3) is 0 Å². The van der Waals surface area contributed by atoms with Gasteiger partial charge in [-0.1, -0.05) is 43.7 Å². The molecule has 0 unspecified atom stereocenters. The van der Waals surface area contributed by atoms with E-state index in [9.17, 15) is 14.4 Å². The summed E-state index contributed by atoms with van der Waals surface area (Å²) in [6.45, 7) is 10.4. The number of hydrogen-bond acceptors (Lipinski definition) is 4. The minimum atomic E-state index is -0.659. The molecule has 0 heterocycles. The van der Waals surface area contributed by atoms with Gasteiger partial charge in [-0.15, -0.1) is 0 Å². The molecule has 2 aromatic carbocycles. The molecule has 0 bridgehead atoms. The molecular formula is C26H36N4O4. The Bertz CT molecular complexity index is 940. The van der Waals surface area contributed by atoms with Gasteiger partial charge in [-0.3, -0.25) is 10.2 Å². The summed E-state index contributed by atoms with van der Waals surface area (Å²) in [5.74, 6) is -0.413. The highest BCUT2D eigenvalue weighted by atomic mass is 16.6. The van der Waals surface area contributed by atoms with Crippen LogP contribution in [0, 0.1) is 0 Å². The molecule has 0 saturated heterocycles. The van der Waals surface area contributed by atoms with E-state index in [4.69, 9.17) is 4.74 Å². The number of ether oxygens (including phenoxy) is 1. The Morgan fingerprint density at radius 3 is 2.15 bits per heavy atom. The molecular weight excluding hydrogens is 432 g/mol. The van der Waals surface area contributed by atoms with Crippen molar-refractivity contribution < 1.29 is 19.1 Å². The Kier molecular flexibility index (Phi) is 9.92. The maximum atomic E-state index is 12.8. The van der Waals surface area contributed by atoms with Gasteiger partial charge in [0.05, 0.1) is 0 Å². The van der Waals surface area contributed by atoms with E-state index in [1.165, 1.54) is 0 Å². The predicted octanol–water partition coefficient (Wildman–Crippen LogP) is 5.42. The topological polar surface area (TPSA) is 91.0 Å². The lowest BCUT2D eigenvalue weighted by atomic mass is 10.1. The van der Waals surface area contributed by atoms with Crippen LogP contribution in [0.2, 0.25) is 0 Å².